The van der Waals surface area contributed by atoms with Crippen LogP contribution >= 0.6 is 28.1 Å². The van der Waals surface area contributed by atoms with Gasteiger partial charge in [0.2, 0.25) is 0 Å². The number of hydrazine groups is 1. The lowest BCUT2D eigenvalue weighted by Gasteiger charge is -2.12. The van der Waals surface area contributed by atoms with Crippen LogP contribution < -0.4 is 25.6 Å². The van der Waals surface area contributed by atoms with E-state index >= 15 is 0 Å². The van der Waals surface area contributed by atoms with Crippen LogP contribution in [0.3, 0.4) is 0 Å². The second-order valence-corrected chi connectivity index (χ2v) is 7.55. The van der Waals surface area contributed by atoms with Crippen LogP contribution in [0.1, 0.15) is 22.8 Å². The van der Waals surface area contributed by atoms with E-state index in [4.69, 9.17) is 26.4 Å². The van der Waals surface area contributed by atoms with Gasteiger partial charge < -0.3 is 14.2 Å². The van der Waals surface area contributed by atoms with Gasteiger partial charge >= 0.3 is 0 Å². The summed E-state index contributed by atoms with van der Waals surface area (Å²) < 4.78 is 17.1. The molecule has 0 aromatic heterocycles. The minimum Gasteiger partial charge on any atom is -0.491 e. The van der Waals surface area contributed by atoms with Crippen LogP contribution in [0.25, 0.3) is 0 Å². The molecule has 8 nitrogen and oxygen atoms in total. The van der Waals surface area contributed by atoms with E-state index in [1.807, 2.05) is 26.0 Å². The minimum atomic E-state index is -0.451. The van der Waals surface area contributed by atoms with Crippen LogP contribution in [-0.4, -0.2) is 43.4 Å². The Morgan fingerprint density at radius 1 is 1.03 bits per heavy atom. The first-order valence-corrected chi connectivity index (χ1v) is 10.7. The van der Waals surface area contributed by atoms with Crippen LogP contribution in [0.5, 0.6) is 11.5 Å². The molecule has 0 saturated heterocycles. The van der Waals surface area contributed by atoms with Crippen molar-refractivity contribution >= 4 is 45.1 Å². The van der Waals surface area contributed by atoms with E-state index in [0.717, 1.165) is 10.0 Å². The Labute approximate surface area is 194 Å². The summed E-state index contributed by atoms with van der Waals surface area (Å²) in [6.07, 6.45) is 0. The predicted octanol–water partition coefficient (Wildman–Crippen LogP) is 2.89. The van der Waals surface area contributed by atoms with Gasteiger partial charge in [0.25, 0.3) is 11.8 Å². The highest BCUT2D eigenvalue weighted by Gasteiger charge is 2.10. The fraction of sp³-hybridized carbons (Fsp3) is 0.286. The first kappa shape index (κ1) is 24.6. The van der Waals surface area contributed by atoms with Crippen molar-refractivity contribution in [2.75, 3.05) is 26.4 Å². The van der Waals surface area contributed by atoms with E-state index in [-0.39, 0.29) is 11.7 Å². The number of nitrogens with one attached hydrogen (secondary N) is 3. The Kier molecular flexibility index (Phi) is 10.2. The van der Waals surface area contributed by atoms with Crippen molar-refractivity contribution in [3.63, 3.8) is 0 Å². The van der Waals surface area contributed by atoms with Crippen LogP contribution in [-0.2, 0) is 9.53 Å². The molecule has 0 aliphatic heterocycles. The fourth-order valence-corrected chi connectivity index (χ4v) is 2.97. The summed E-state index contributed by atoms with van der Waals surface area (Å²) in [7, 11) is 0. The van der Waals surface area contributed by atoms with Gasteiger partial charge in [-0.15, -0.1) is 0 Å². The molecule has 166 valence electrons. The summed E-state index contributed by atoms with van der Waals surface area (Å²) in [5.41, 5.74) is 6.12. The van der Waals surface area contributed by atoms with E-state index in [0.29, 0.717) is 36.9 Å². The van der Waals surface area contributed by atoms with Crippen molar-refractivity contribution in [2.45, 2.75) is 13.8 Å². The zero-order valence-electron chi connectivity index (χ0n) is 17.2. The predicted molar refractivity (Wildman–Crippen MR) is 124 cm³/mol. The Bertz CT molecular complexity index is 908. The van der Waals surface area contributed by atoms with Crippen molar-refractivity contribution in [3.8, 4) is 11.5 Å². The molecule has 0 saturated carbocycles. The summed E-state index contributed by atoms with van der Waals surface area (Å²) >= 11 is 8.39. The lowest BCUT2D eigenvalue weighted by molar-refractivity contribution is -0.123. The van der Waals surface area contributed by atoms with Crippen molar-refractivity contribution in [1.29, 1.82) is 0 Å². The number of ether oxygens (including phenoxy) is 3. The molecule has 0 aliphatic carbocycles. The van der Waals surface area contributed by atoms with Gasteiger partial charge in [0.05, 0.1) is 6.61 Å². The van der Waals surface area contributed by atoms with Gasteiger partial charge in [0, 0.05) is 16.6 Å². The molecule has 0 fully saturated rings. The summed E-state index contributed by atoms with van der Waals surface area (Å²) in [6, 6.07) is 12.1. The Balaban J connectivity index is 1.71. The summed E-state index contributed by atoms with van der Waals surface area (Å²) in [6.45, 7) is 5.14. The van der Waals surface area contributed by atoms with Crippen LogP contribution in [0.15, 0.2) is 46.9 Å². The molecule has 2 aromatic carbocycles. The molecule has 0 heterocycles. The van der Waals surface area contributed by atoms with Crippen molar-refractivity contribution in [3.05, 3.63) is 58.1 Å². The number of carbonyl (C=O) groups is 2. The number of thiocarbonyl (C=S) groups is 1. The largest absolute Gasteiger partial charge is 0.491 e. The Hall–Kier alpha value is -2.69. The van der Waals surface area contributed by atoms with Gasteiger partial charge in [-0.2, -0.15) is 0 Å². The van der Waals surface area contributed by atoms with E-state index in [2.05, 4.69) is 32.1 Å². The molecule has 0 atom stereocenters. The van der Waals surface area contributed by atoms with E-state index in [9.17, 15) is 9.59 Å². The number of halogens is 1. The normalized spacial score (nSPS) is 10.2. The van der Waals surface area contributed by atoms with Gasteiger partial charge in [-0.3, -0.25) is 25.8 Å². The number of hydrogen-bond donors (Lipinski definition) is 3. The smallest absolute Gasteiger partial charge is 0.276 e. The minimum absolute atomic E-state index is 0.0461. The summed E-state index contributed by atoms with van der Waals surface area (Å²) in [4.78, 5) is 24.2. The molecule has 2 rings (SSSR count). The standard InChI is InChI=1S/C21H24BrN3O5S/c1-3-28-10-11-29-17-7-4-15(5-8-17)20(27)23-21(31)25-24-19(26)13-30-18-9-6-16(22)12-14(18)2/h4-9,12H,3,10-11,13H2,1-2H3,(H,24,26)(H2,23,25,27,31). The molecule has 2 aromatic rings. The first-order chi connectivity index (χ1) is 14.9. The highest BCUT2D eigenvalue weighted by Crippen LogP contribution is 2.21. The lowest BCUT2D eigenvalue weighted by Crippen LogP contribution is -2.49. The monoisotopic (exact) mass is 509 g/mol. The number of aryl methyl sites for hydroxylation is 1. The molecule has 3 N–H and O–H groups in total. The van der Waals surface area contributed by atoms with Gasteiger partial charge in [-0.1, -0.05) is 15.9 Å². The Morgan fingerprint density at radius 2 is 1.77 bits per heavy atom. The third-order valence-corrected chi connectivity index (χ3v) is 4.55. The van der Waals surface area contributed by atoms with Crippen molar-refractivity contribution < 1.29 is 23.8 Å². The molecule has 31 heavy (non-hydrogen) atoms. The van der Waals surface area contributed by atoms with Crippen LogP contribution in [0.2, 0.25) is 0 Å². The third kappa shape index (κ3) is 8.91. The SMILES string of the molecule is CCOCCOc1ccc(C(=O)NC(=S)NNC(=O)COc2ccc(Br)cc2C)cc1. The number of rotatable bonds is 9. The maximum atomic E-state index is 12.2. The first-order valence-electron chi connectivity index (χ1n) is 9.48. The van der Waals surface area contributed by atoms with Crippen LogP contribution in [0, 0.1) is 6.92 Å². The quantitative estimate of drug-likeness (QED) is 0.271. The number of carbonyl (C=O) groups excluding carboxylic acids is 2. The topological polar surface area (TPSA) is 97.9 Å². The molecule has 10 heteroatoms. The number of amides is 2. The van der Waals surface area contributed by atoms with Gasteiger partial charge in [-0.25, -0.2) is 0 Å². The van der Waals surface area contributed by atoms with E-state index in [1.54, 1.807) is 30.3 Å². The highest BCUT2D eigenvalue weighted by atomic mass is 79.9. The summed E-state index contributed by atoms with van der Waals surface area (Å²) in [5, 5.41) is 2.43. The number of benzene rings is 2. The molecule has 0 unspecified atom stereocenters. The van der Waals surface area contributed by atoms with Gasteiger partial charge in [0.15, 0.2) is 11.7 Å². The summed E-state index contributed by atoms with van der Waals surface area (Å²) in [5.74, 6) is 0.353. The molecular formula is C21H24BrN3O5S. The van der Waals surface area contributed by atoms with Crippen molar-refractivity contribution in [2.24, 2.45) is 0 Å². The highest BCUT2D eigenvalue weighted by molar-refractivity contribution is 9.10. The van der Waals surface area contributed by atoms with Crippen molar-refractivity contribution in [1.82, 2.24) is 16.2 Å². The fourth-order valence-electron chi connectivity index (χ4n) is 2.35. The average molecular weight is 510 g/mol. The Morgan fingerprint density at radius 3 is 2.45 bits per heavy atom. The van der Waals surface area contributed by atoms with Gasteiger partial charge in [0.1, 0.15) is 18.1 Å². The molecule has 0 radical (unpaired) electrons. The number of hydrogen-bond acceptors (Lipinski definition) is 6. The van der Waals surface area contributed by atoms with E-state index in [1.165, 1.54) is 0 Å². The molecule has 2 amide bonds. The zero-order chi connectivity index (χ0) is 22.6. The van der Waals surface area contributed by atoms with Crippen LogP contribution in [0.4, 0.5) is 0 Å². The van der Waals surface area contributed by atoms with Gasteiger partial charge in [-0.05, 0) is 74.1 Å². The maximum Gasteiger partial charge on any atom is 0.276 e. The third-order valence-electron chi connectivity index (χ3n) is 3.86. The van der Waals surface area contributed by atoms with E-state index < -0.39 is 11.8 Å². The average Bonchev–Trinajstić information content (AvgIpc) is 2.75. The second kappa shape index (κ2) is 12.9. The zero-order valence-corrected chi connectivity index (χ0v) is 19.6. The lowest BCUT2D eigenvalue weighted by atomic mass is 10.2. The second-order valence-electron chi connectivity index (χ2n) is 6.22. The molecule has 0 bridgehead atoms. The molecular weight excluding hydrogens is 486 g/mol. The molecule has 0 spiro atoms. The molecule has 0 aliphatic rings. The maximum absolute atomic E-state index is 12.2.